The average molecular weight is 154 g/mol. The minimum Gasteiger partial charge on any atom is -0.469 e. The van der Waals surface area contributed by atoms with Gasteiger partial charge in [0.1, 0.15) is 0 Å². The average Bonchev–Trinajstić information content (AvgIpc) is 2.31. The van der Waals surface area contributed by atoms with Crippen molar-refractivity contribution >= 4 is 5.97 Å². The van der Waals surface area contributed by atoms with E-state index in [9.17, 15) is 4.79 Å². The lowest BCUT2D eigenvalue weighted by Crippen LogP contribution is -2.12. The molecule has 0 saturated carbocycles. The fourth-order valence-corrected chi connectivity index (χ4v) is 1.49. The van der Waals surface area contributed by atoms with Crippen LogP contribution in [0.25, 0.3) is 0 Å². The van der Waals surface area contributed by atoms with Gasteiger partial charge in [0.2, 0.25) is 0 Å². The topological polar surface area (TPSA) is 26.3 Å². The van der Waals surface area contributed by atoms with Gasteiger partial charge in [-0.15, -0.1) is 0 Å². The van der Waals surface area contributed by atoms with Crippen LogP contribution in [0.5, 0.6) is 0 Å². The van der Waals surface area contributed by atoms with Gasteiger partial charge in [-0.05, 0) is 26.7 Å². The van der Waals surface area contributed by atoms with Crippen LogP contribution < -0.4 is 0 Å². The first-order valence-electron chi connectivity index (χ1n) is 3.88. The summed E-state index contributed by atoms with van der Waals surface area (Å²) in [7, 11) is 1.45. The van der Waals surface area contributed by atoms with Gasteiger partial charge in [0.15, 0.2) is 0 Å². The Morgan fingerprint density at radius 1 is 1.36 bits per heavy atom. The molecular formula is C9H14O2. The summed E-state index contributed by atoms with van der Waals surface area (Å²) in [6.07, 6.45) is 1.77. The summed E-state index contributed by atoms with van der Waals surface area (Å²) in [4.78, 5) is 11.1. The molecule has 0 fully saturated rings. The molecule has 2 nitrogen and oxygen atoms in total. The minimum absolute atomic E-state index is 0.0683. The van der Waals surface area contributed by atoms with Crippen LogP contribution in [0.3, 0.4) is 0 Å². The van der Waals surface area contributed by atoms with E-state index in [2.05, 4.69) is 18.6 Å². The number of hydrogen-bond acceptors (Lipinski definition) is 2. The Morgan fingerprint density at radius 3 is 2.18 bits per heavy atom. The molecule has 0 aliphatic heterocycles. The molecule has 0 unspecified atom stereocenters. The number of methoxy groups -OCH3 is 1. The first kappa shape index (κ1) is 8.31. The molecule has 0 aromatic carbocycles. The monoisotopic (exact) mass is 154 g/mol. The van der Waals surface area contributed by atoms with Gasteiger partial charge < -0.3 is 4.74 Å². The maximum absolute atomic E-state index is 11.1. The molecule has 0 N–H and O–H groups in total. The highest BCUT2D eigenvalue weighted by molar-refractivity contribution is 5.73. The summed E-state index contributed by atoms with van der Waals surface area (Å²) in [6, 6.07) is 0. The van der Waals surface area contributed by atoms with Crippen molar-refractivity contribution < 1.29 is 9.53 Å². The van der Waals surface area contributed by atoms with Crippen molar-refractivity contribution in [2.45, 2.75) is 26.7 Å². The number of carbonyl (C=O) groups excluding carboxylic acids is 1. The summed E-state index contributed by atoms with van der Waals surface area (Å²) >= 11 is 0. The van der Waals surface area contributed by atoms with Crippen LogP contribution in [-0.4, -0.2) is 13.1 Å². The van der Waals surface area contributed by atoms with E-state index in [1.54, 1.807) is 0 Å². The van der Waals surface area contributed by atoms with Crippen molar-refractivity contribution in [3.63, 3.8) is 0 Å². The Kier molecular flexibility index (Phi) is 2.32. The molecule has 0 aromatic heterocycles. The Balaban J connectivity index is 2.54. The lowest BCUT2D eigenvalue weighted by Gasteiger charge is -2.05. The molecule has 62 valence electrons. The third kappa shape index (κ3) is 1.62. The molecular weight excluding hydrogens is 140 g/mol. The summed E-state index contributed by atoms with van der Waals surface area (Å²) in [5, 5.41) is 0. The van der Waals surface area contributed by atoms with Crippen molar-refractivity contribution in [2.24, 2.45) is 5.92 Å². The third-order valence-electron chi connectivity index (χ3n) is 2.37. The summed E-state index contributed by atoms with van der Waals surface area (Å²) < 4.78 is 4.67. The molecule has 0 spiro atoms. The molecule has 1 aliphatic carbocycles. The Hall–Kier alpha value is -0.790. The first-order valence-corrected chi connectivity index (χ1v) is 3.88. The van der Waals surface area contributed by atoms with Gasteiger partial charge in [-0.1, -0.05) is 11.1 Å². The van der Waals surface area contributed by atoms with Gasteiger partial charge in [0.05, 0.1) is 13.0 Å². The lowest BCUT2D eigenvalue weighted by molar-refractivity contribution is -0.145. The molecule has 0 bridgehead atoms. The molecule has 0 amide bonds. The van der Waals surface area contributed by atoms with Crippen molar-refractivity contribution in [3.8, 4) is 0 Å². The van der Waals surface area contributed by atoms with E-state index in [-0.39, 0.29) is 11.9 Å². The molecule has 0 atom stereocenters. The maximum atomic E-state index is 11.1. The smallest absolute Gasteiger partial charge is 0.309 e. The molecule has 2 heteroatoms. The number of hydrogen-bond donors (Lipinski definition) is 0. The van der Waals surface area contributed by atoms with Crippen LogP contribution in [0, 0.1) is 5.92 Å². The molecule has 0 saturated heterocycles. The van der Waals surface area contributed by atoms with Crippen LogP contribution in [-0.2, 0) is 9.53 Å². The van der Waals surface area contributed by atoms with Crippen molar-refractivity contribution in [3.05, 3.63) is 11.1 Å². The Labute approximate surface area is 67.2 Å². The Bertz CT molecular complexity index is 190. The number of allylic oxidation sites excluding steroid dienone is 2. The highest BCUT2D eigenvalue weighted by atomic mass is 16.5. The fourth-order valence-electron chi connectivity index (χ4n) is 1.49. The maximum Gasteiger partial charge on any atom is 0.309 e. The Morgan fingerprint density at radius 2 is 1.82 bits per heavy atom. The van der Waals surface area contributed by atoms with Gasteiger partial charge >= 0.3 is 5.97 Å². The molecule has 0 radical (unpaired) electrons. The zero-order valence-corrected chi connectivity index (χ0v) is 7.31. The van der Waals surface area contributed by atoms with Gasteiger partial charge in [-0.25, -0.2) is 0 Å². The highest BCUT2D eigenvalue weighted by Gasteiger charge is 2.25. The third-order valence-corrected chi connectivity index (χ3v) is 2.37. The molecule has 0 heterocycles. The summed E-state index contributed by atoms with van der Waals surface area (Å²) in [5.41, 5.74) is 2.70. The molecule has 0 aromatic rings. The lowest BCUT2D eigenvalue weighted by atomic mass is 10.1. The van der Waals surface area contributed by atoms with E-state index in [1.807, 2.05) is 0 Å². The highest BCUT2D eigenvalue weighted by Crippen LogP contribution is 2.31. The van der Waals surface area contributed by atoms with E-state index in [0.717, 1.165) is 12.8 Å². The molecule has 11 heavy (non-hydrogen) atoms. The second kappa shape index (κ2) is 3.07. The van der Waals surface area contributed by atoms with Crippen molar-refractivity contribution in [2.75, 3.05) is 7.11 Å². The number of rotatable bonds is 1. The number of ether oxygens (including phenoxy) is 1. The summed E-state index contributed by atoms with van der Waals surface area (Å²) in [5.74, 6) is 0.0289. The zero-order chi connectivity index (χ0) is 8.43. The normalized spacial score (nSPS) is 19.2. The van der Waals surface area contributed by atoms with Crippen LogP contribution in [0.2, 0.25) is 0 Å². The van der Waals surface area contributed by atoms with Crippen LogP contribution in [0.1, 0.15) is 26.7 Å². The second-order valence-corrected chi connectivity index (χ2v) is 3.19. The second-order valence-electron chi connectivity index (χ2n) is 3.19. The van der Waals surface area contributed by atoms with E-state index in [1.165, 1.54) is 18.3 Å². The SMILES string of the molecule is COC(=O)C1CC(C)=C(C)C1. The summed E-state index contributed by atoms with van der Waals surface area (Å²) in [6.45, 7) is 4.16. The van der Waals surface area contributed by atoms with Crippen LogP contribution in [0.15, 0.2) is 11.1 Å². The number of carbonyl (C=O) groups is 1. The molecule has 1 aliphatic rings. The van der Waals surface area contributed by atoms with Gasteiger partial charge in [0, 0.05) is 0 Å². The fraction of sp³-hybridized carbons (Fsp3) is 0.667. The van der Waals surface area contributed by atoms with E-state index < -0.39 is 0 Å². The minimum atomic E-state index is -0.0683. The van der Waals surface area contributed by atoms with Gasteiger partial charge in [-0.2, -0.15) is 0 Å². The van der Waals surface area contributed by atoms with E-state index >= 15 is 0 Å². The van der Waals surface area contributed by atoms with Gasteiger partial charge in [-0.3, -0.25) is 4.79 Å². The van der Waals surface area contributed by atoms with Crippen molar-refractivity contribution in [1.29, 1.82) is 0 Å². The molecule has 1 rings (SSSR count). The zero-order valence-electron chi connectivity index (χ0n) is 7.31. The predicted octanol–water partition coefficient (Wildman–Crippen LogP) is 1.91. The predicted molar refractivity (Wildman–Crippen MR) is 43.1 cm³/mol. The van der Waals surface area contributed by atoms with Crippen LogP contribution in [0.4, 0.5) is 0 Å². The van der Waals surface area contributed by atoms with E-state index in [0.29, 0.717) is 0 Å². The van der Waals surface area contributed by atoms with Crippen molar-refractivity contribution in [1.82, 2.24) is 0 Å². The van der Waals surface area contributed by atoms with E-state index in [4.69, 9.17) is 0 Å². The number of esters is 1. The largest absolute Gasteiger partial charge is 0.469 e. The first-order chi connectivity index (χ1) is 5.15. The quantitative estimate of drug-likeness (QED) is 0.426. The standard InChI is InChI=1S/C9H14O2/c1-6-4-8(5-7(6)2)9(10)11-3/h8H,4-5H2,1-3H3. The van der Waals surface area contributed by atoms with Gasteiger partial charge in [0.25, 0.3) is 0 Å². The van der Waals surface area contributed by atoms with Crippen LogP contribution >= 0.6 is 0 Å².